The van der Waals surface area contributed by atoms with Crippen LogP contribution >= 0.6 is 11.6 Å². The summed E-state index contributed by atoms with van der Waals surface area (Å²) in [5, 5.41) is 2.78. The van der Waals surface area contributed by atoms with Crippen molar-refractivity contribution in [3.63, 3.8) is 0 Å². The van der Waals surface area contributed by atoms with Crippen LogP contribution in [0.1, 0.15) is 12.0 Å². The van der Waals surface area contributed by atoms with E-state index in [9.17, 15) is 14.0 Å². The number of hydrogen-bond acceptors (Lipinski definition) is 3. The van der Waals surface area contributed by atoms with Gasteiger partial charge >= 0.3 is 0 Å². The average molecular weight is 329 g/mol. The van der Waals surface area contributed by atoms with E-state index < -0.39 is 5.82 Å². The Kier molecular flexibility index (Phi) is 5.74. The standard InChI is InChI=1S/C15H18ClFN2O3/c1-22-5-4-19-9-11(7-14(19)20)15(21)18-8-10-2-3-13(17)12(16)6-10/h2-3,6,11H,4-5,7-9H2,1H3,(H,18,21)/t11-/m0/s1. The summed E-state index contributed by atoms with van der Waals surface area (Å²) in [5.41, 5.74) is 0.709. The van der Waals surface area contributed by atoms with Gasteiger partial charge < -0.3 is 15.0 Å². The summed E-state index contributed by atoms with van der Waals surface area (Å²) in [6.07, 6.45) is 0.208. The zero-order valence-electron chi connectivity index (χ0n) is 12.3. The Labute approximate surface area is 133 Å². The number of rotatable bonds is 6. The monoisotopic (exact) mass is 328 g/mol. The Hall–Kier alpha value is -1.66. The lowest BCUT2D eigenvalue weighted by atomic mass is 10.1. The van der Waals surface area contributed by atoms with Gasteiger partial charge in [-0.3, -0.25) is 9.59 Å². The molecular weight excluding hydrogens is 311 g/mol. The van der Waals surface area contributed by atoms with Gasteiger partial charge in [0.25, 0.3) is 0 Å². The maximum absolute atomic E-state index is 13.1. The van der Waals surface area contributed by atoms with Gasteiger partial charge in [-0.2, -0.15) is 0 Å². The van der Waals surface area contributed by atoms with Crippen LogP contribution in [0, 0.1) is 11.7 Å². The maximum atomic E-state index is 13.1. The van der Waals surface area contributed by atoms with Crippen LogP contribution in [0.4, 0.5) is 4.39 Å². The number of carbonyl (C=O) groups excluding carboxylic acids is 2. The first kappa shape index (κ1) is 16.7. The molecule has 2 amide bonds. The van der Waals surface area contributed by atoms with Crippen LogP contribution in [0.3, 0.4) is 0 Å². The molecule has 1 aromatic rings. The number of benzene rings is 1. The lowest BCUT2D eigenvalue weighted by Crippen LogP contribution is -2.33. The molecule has 5 nitrogen and oxygen atoms in total. The number of amides is 2. The van der Waals surface area contributed by atoms with Crippen molar-refractivity contribution in [3.05, 3.63) is 34.6 Å². The number of carbonyl (C=O) groups is 2. The number of nitrogens with one attached hydrogen (secondary N) is 1. The number of halogens is 2. The van der Waals surface area contributed by atoms with Crippen LogP contribution < -0.4 is 5.32 Å². The fraction of sp³-hybridized carbons (Fsp3) is 0.467. The number of hydrogen-bond donors (Lipinski definition) is 1. The first-order valence-electron chi connectivity index (χ1n) is 6.99. The Bertz CT molecular complexity index is 568. The van der Waals surface area contributed by atoms with Gasteiger partial charge in [0.15, 0.2) is 0 Å². The summed E-state index contributed by atoms with van der Waals surface area (Å²) >= 11 is 5.69. The van der Waals surface area contributed by atoms with Crippen LogP contribution in [0.5, 0.6) is 0 Å². The normalized spacial score (nSPS) is 17.9. The van der Waals surface area contributed by atoms with Crippen molar-refractivity contribution in [1.29, 1.82) is 0 Å². The molecule has 22 heavy (non-hydrogen) atoms. The molecule has 1 atom stereocenters. The van der Waals surface area contributed by atoms with Gasteiger partial charge in [-0.05, 0) is 17.7 Å². The van der Waals surface area contributed by atoms with Crippen LogP contribution in [-0.2, 0) is 20.9 Å². The van der Waals surface area contributed by atoms with Gasteiger partial charge in [0.1, 0.15) is 5.82 Å². The first-order valence-corrected chi connectivity index (χ1v) is 7.37. The molecule has 1 saturated heterocycles. The molecule has 0 bridgehead atoms. The molecule has 0 spiro atoms. The van der Waals surface area contributed by atoms with Crippen molar-refractivity contribution >= 4 is 23.4 Å². The largest absolute Gasteiger partial charge is 0.383 e. The van der Waals surface area contributed by atoms with Crippen molar-refractivity contribution in [2.45, 2.75) is 13.0 Å². The molecule has 2 rings (SSSR count). The maximum Gasteiger partial charge on any atom is 0.225 e. The fourth-order valence-electron chi connectivity index (χ4n) is 2.35. The van der Waals surface area contributed by atoms with E-state index in [1.807, 2.05) is 0 Å². The third kappa shape index (κ3) is 4.18. The number of likely N-dealkylation sites (tertiary alicyclic amines) is 1. The summed E-state index contributed by atoms with van der Waals surface area (Å²) in [6.45, 7) is 1.60. The highest BCUT2D eigenvalue weighted by molar-refractivity contribution is 6.30. The van der Waals surface area contributed by atoms with E-state index in [4.69, 9.17) is 16.3 Å². The van der Waals surface area contributed by atoms with Crippen molar-refractivity contribution in [3.8, 4) is 0 Å². The molecule has 7 heteroatoms. The summed E-state index contributed by atoms with van der Waals surface area (Å²) < 4.78 is 18.0. The molecule has 0 unspecified atom stereocenters. The topological polar surface area (TPSA) is 58.6 Å². The van der Waals surface area contributed by atoms with E-state index in [0.29, 0.717) is 25.3 Å². The van der Waals surface area contributed by atoms with Gasteiger partial charge in [0.05, 0.1) is 17.5 Å². The van der Waals surface area contributed by atoms with Crippen LogP contribution in [-0.4, -0.2) is 43.5 Å². The number of methoxy groups -OCH3 is 1. The second-order valence-corrected chi connectivity index (χ2v) is 5.61. The smallest absolute Gasteiger partial charge is 0.225 e. The Balaban J connectivity index is 1.85. The third-order valence-corrected chi connectivity index (χ3v) is 3.89. The molecule has 1 N–H and O–H groups in total. The SMILES string of the molecule is COCCN1C[C@@H](C(=O)NCc2ccc(F)c(Cl)c2)CC1=O. The van der Waals surface area contributed by atoms with Crippen molar-refractivity contribution < 1.29 is 18.7 Å². The minimum Gasteiger partial charge on any atom is -0.383 e. The number of ether oxygens (including phenoxy) is 1. The quantitative estimate of drug-likeness (QED) is 0.862. The lowest BCUT2D eigenvalue weighted by molar-refractivity contribution is -0.129. The zero-order chi connectivity index (χ0) is 16.1. The molecular formula is C15H18ClFN2O3. The van der Waals surface area contributed by atoms with Crippen LogP contribution in [0.2, 0.25) is 5.02 Å². The molecule has 0 aliphatic carbocycles. The van der Waals surface area contributed by atoms with E-state index in [1.54, 1.807) is 18.1 Å². The van der Waals surface area contributed by atoms with Gasteiger partial charge in [0.2, 0.25) is 11.8 Å². The third-order valence-electron chi connectivity index (χ3n) is 3.60. The highest BCUT2D eigenvalue weighted by Gasteiger charge is 2.33. The Morgan fingerprint density at radius 1 is 1.55 bits per heavy atom. The van der Waals surface area contributed by atoms with E-state index in [1.165, 1.54) is 12.1 Å². The lowest BCUT2D eigenvalue weighted by Gasteiger charge is -2.15. The fourth-order valence-corrected chi connectivity index (χ4v) is 2.55. The van der Waals surface area contributed by atoms with E-state index >= 15 is 0 Å². The predicted molar refractivity (Wildman–Crippen MR) is 79.8 cm³/mol. The van der Waals surface area contributed by atoms with E-state index in [2.05, 4.69) is 5.32 Å². The van der Waals surface area contributed by atoms with Crippen LogP contribution in [0.25, 0.3) is 0 Å². The summed E-state index contributed by atoms with van der Waals surface area (Å²) in [5.74, 6) is -1.08. The Morgan fingerprint density at radius 3 is 3.00 bits per heavy atom. The van der Waals surface area contributed by atoms with Crippen LogP contribution in [0.15, 0.2) is 18.2 Å². The molecule has 0 saturated carbocycles. The van der Waals surface area contributed by atoms with Crippen molar-refractivity contribution in [1.82, 2.24) is 10.2 Å². The number of nitrogens with zero attached hydrogens (tertiary/aromatic N) is 1. The average Bonchev–Trinajstić information content (AvgIpc) is 2.87. The molecule has 0 radical (unpaired) electrons. The van der Waals surface area contributed by atoms with Crippen molar-refractivity contribution in [2.75, 3.05) is 26.8 Å². The summed E-state index contributed by atoms with van der Waals surface area (Å²) in [7, 11) is 1.57. The molecule has 1 aliphatic heterocycles. The van der Waals surface area contributed by atoms with E-state index in [0.717, 1.165) is 0 Å². The Morgan fingerprint density at radius 2 is 2.32 bits per heavy atom. The van der Waals surface area contributed by atoms with Gasteiger partial charge in [-0.25, -0.2) is 4.39 Å². The van der Waals surface area contributed by atoms with Gasteiger partial charge in [-0.1, -0.05) is 17.7 Å². The predicted octanol–water partition coefficient (Wildman–Crippen LogP) is 1.59. The summed E-state index contributed by atoms with van der Waals surface area (Å²) in [4.78, 5) is 25.5. The molecule has 1 aromatic carbocycles. The molecule has 0 aromatic heterocycles. The highest BCUT2D eigenvalue weighted by atomic mass is 35.5. The molecule has 1 heterocycles. The molecule has 1 aliphatic rings. The first-order chi connectivity index (χ1) is 10.5. The van der Waals surface area contributed by atoms with E-state index in [-0.39, 0.29) is 35.7 Å². The zero-order valence-corrected chi connectivity index (χ0v) is 13.0. The summed E-state index contributed by atoms with van der Waals surface area (Å²) in [6, 6.07) is 4.30. The molecule has 1 fully saturated rings. The minimum atomic E-state index is -0.494. The second kappa shape index (κ2) is 7.56. The van der Waals surface area contributed by atoms with Gasteiger partial charge in [0, 0.05) is 33.2 Å². The van der Waals surface area contributed by atoms with Gasteiger partial charge in [-0.15, -0.1) is 0 Å². The minimum absolute atomic E-state index is 0.0218. The van der Waals surface area contributed by atoms with Crippen molar-refractivity contribution in [2.24, 2.45) is 5.92 Å². The highest BCUT2D eigenvalue weighted by Crippen LogP contribution is 2.19. The second-order valence-electron chi connectivity index (χ2n) is 5.20. The molecule has 120 valence electrons.